The van der Waals surface area contributed by atoms with Crippen molar-refractivity contribution in [2.45, 2.75) is 13.0 Å². The van der Waals surface area contributed by atoms with Crippen LogP contribution in [0.3, 0.4) is 0 Å². The number of rotatable bonds is 5. The molecule has 39 heavy (non-hydrogen) atoms. The zero-order valence-electron chi connectivity index (χ0n) is 20.7. The normalized spacial score (nSPS) is 11.8. The van der Waals surface area contributed by atoms with Gasteiger partial charge in [0.1, 0.15) is 5.52 Å². The van der Waals surface area contributed by atoms with Crippen molar-refractivity contribution in [1.82, 2.24) is 24.9 Å². The maximum absolute atomic E-state index is 12.7. The molecule has 6 aromatic rings. The summed E-state index contributed by atoms with van der Waals surface area (Å²) < 4.78 is 0. The second-order valence-electron chi connectivity index (χ2n) is 9.01. The third kappa shape index (κ3) is 4.67. The molecule has 6 rings (SSSR count). The highest BCUT2D eigenvalue weighted by atomic mass is 35.5. The van der Waals surface area contributed by atoms with Crippen LogP contribution in [0, 0.1) is 11.3 Å². The first kappa shape index (κ1) is 24.2. The van der Waals surface area contributed by atoms with Crippen molar-refractivity contribution in [3.8, 4) is 28.6 Å². The first-order chi connectivity index (χ1) is 19.0. The number of H-pyrrole nitrogens is 1. The predicted molar refractivity (Wildman–Crippen MR) is 152 cm³/mol. The van der Waals surface area contributed by atoms with Crippen LogP contribution in [-0.2, 0) is 0 Å². The number of aromatic nitrogens is 5. The van der Waals surface area contributed by atoms with E-state index in [-0.39, 0.29) is 11.6 Å². The molecule has 0 aliphatic rings. The molecule has 1 unspecified atom stereocenters. The Kier molecular flexibility index (Phi) is 6.19. The molecular weight excluding hydrogens is 510 g/mol. The summed E-state index contributed by atoms with van der Waals surface area (Å²) >= 11 is 6.64. The van der Waals surface area contributed by atoms with Gasteiger partial charge < -0.3 is 10.3 Å². The van der Waals surface area contributed by atoms with Crippen molar-refractivity contribution in [1.29, 1.82) is 5.26 Å². The molecule has 0 spiro atoms. The van der Waals surface area contributed by atoms with E-state index in [9.17, 15) is 10.1 Å². The standard InChI is InChI=1S/C30H20ClN7O/c1-17(23-9-2-3-10-33-23)35-24-15-25(39)36-30-29(24)37-28(27(38-30)19-7-4-6-18(12-19)16-32)21-13-20-8-5-11-34-26(20)22(31)14-21/h2-15,17H,1H3,(H2,35,36,38,39). The lowest BCUT2D eigenvalue weighted by Gasteiger charge is -2.17. The molecule has 188 valence electrons. The van der Waals surface area contributed by atoms with Gasteiger partial charge in [0.15, 0.2) is 5.65 Å². The van der Waals surface area contributed by atoms with E-state index in [0.717, 1.165) is 16.6 Å². The minimum Gasteiger partial charge on any atom is -0.375 e. The average Bonchev–Trinajstić information content (AvgIpc) is 2.97. The van der Waals surface area contributed by atoms with Crippen LogP contribution in [0.4, 0.5) is 5.69 Å². The van der Waals surface area contributed by atoms with Crippen LogP contribution in [0.5, 0.6) is 0 Å². The SMILES string of the molecule is CC(Nc1cc(=O)[nH]c2nc(-c3cccc(C#N)c3)c(-c3cc(Cl)c4ncccc4c3)nc12)c1ccccn1. The Morgan fingerprint density at radius 3 is 2.56 bits per heavy atom. The average molecular weight is 530 g/mol. The number of pyridine rings is 3. The van der Waals surface area contributed by atoms with Gasteiger partial charge in [-0.25, -0.2) is 9.97 Å². The number of aromatic amines is 1. The van der Waals surface area contributed by atoms with E-state index >= 15 is 0 Å². The predicted octanol–water partition coefficient (Wildman–Crippen LogP) is 6.29. The van der Waals surface area contributed by atoms with E-state index in [2.05, 4.69) is 26.3 Å². The van der Waals surface area contributed by atoms with Crippen LogP contribution >= 0.6 is 11.6 Å². The molecule has 2 aromatic carbocycles. The fourth-order valence-electron chi connectivity index (χ4n) is 4.54. The summed E-state index contributed by atoms with van der Waals surface area (Å²) in [7, 11) is 0. The van der Waals surface area contributed by atoms with Crippen molar-refractivity contribution < 1.29 is 0 Å². The van der Waals surface area contributed by atoms with Gasteiger partial charge in [-0.1, -0.05) is 35.9 Å². The van der Waals surface area contributed by atoms with Crippen LogP contribution in [0.1, 0.15) is 24.2 Å². The maximum Gasteiger partial charge on any atom is 0.251 e. The Hall–Kier alpha value is -5.13. The zero-order chi connectivity index (χ0) is 26.9. The number of benzene rings is 2. The number of fused-ring (bicyclic) bond motifs is 2. The quantitative estimate of drug-likeness (QED) is 0.269. The monoisotopic (exact) mass is 529 g/mol. The highest BCUT2D eigenvalue weighted by Crippen LogP contribution is 2.36. The van der Waals surface area contributed by atoms with E-state index in [0.29, 0.717) is 49.9 Å². The number of nitriles is 1. The third-order valence-corrected chi connectivity index (χ3v) is 6.66. The van der Waals surface area contributed by atoms with Gasteiger partial charge in [0.2, 0.25) is 0 Å². The van der Waals surface area contributed by atoms with Crippen LogP contribution in [0.15, 0.2) is 90.0 Å². The summed E-state index contributed by atoms with van der Waals surface area (Å²) in [5.41, 5.74) is 5.43. The number of halogens is 1. The van der Waals surface area contributed by atoms with Crippen LogP contribution in [0.25, 0.3) is 44.6 Å². The molecule has 0 amide bonds. The first-order valence-corrected chi connectivity index (χ1v) is 12.6. The molecule has 0 fully saturated rings. The number of anilines is 1. The maximum atomic E-state index is 12.7. The van der Waals surface area contributed by atoms with Gasteiger partial charge in [0.05, 0.1) is 51.0 Å². The van der Waals surface area contributed by atoms with Gasteiger partial charge in [-0.15, -0.1) is 0 Å². The van der Waals surface area contributed by atoms with Crippen molar-refractivity contribution in [3.63, 3.8) is 0 Å². The number of nitrogens with one attached hydrogen (secondary N) is 2. The van der Waals surface area contributed by atoms with E-state index in [1.165, 1.54) is 6.07 Å². The lowest BCUT2D eigenvalue weighted by Crippen LogP contribution is -2.14. The van der Waals surface area contributed by atoms with Crippen molar-refractivity contribution in [2.75, 3.05) is 5.32 Å². The molecule has 2 N–H and O–H groups in total. The largest absolute Gasteiger partial charge is 0.375 e. The minimum atomic E-state index is -0.322. The Morgan fingerprint density at radius 2 is 1.74 bits per heavy atom. The second kappa shape index (κ2) is 9.97. The highest BCUT2D eigenvalue weighted by molar-refractivity contribution is 6.35. The molecule has 0 radical (unpaired) electrons. The number of hydrogen-bond acceptors (Lipinski definition) is 7. The molecular formula is C30H20ClN7O. The zero-order valence-corrected chi connectivity index (χ0v) is 21.4. The van der Waals surface area contributed by atoms with Gasteiger partial charge in [-0.2, -0.15) is 5.26 Å². The molecule has 4 aromatic heterocycles. The minimum absolute atomic E-state index is 0.199. The second-order valence-corrected chi connectivity index (χ2v) is 9.42. The fourth-order valence-corrected chi connectivity index (χ4v) is 4.81. The summed E-state index contributed by atoms with van der Waals surface area (Å²) in [4.78, 5) is 34.2. The van der Waals surface area contributed by atoms with Gasteiger partial charge in [0.25, 0.3) is 5.56 Å². The number of hydrogen-bond donors (Lipinski definition) is 2. The molecule has 4 heterocycles. The topological polar surface area (TPSA) is 120 Å². The molecule has 0 bridgehead atoms. The van der Waals surface area contributed by atoms with Crippen LogP contribution in [-0.4, -0.2) is 24.9 Å². The molecule has 9 heteroatoms. The van der Waals surface area contributed by atoms with E-state index < -0.39 is 0 Å². The molecule has 8 nitrogen and oxygen atoms in total. The van der Waals surface area contributed by atoms with Gasteiger partial charge in [-0.3, -0.25) is 14.8 Å². The first-order valence-electron chi connectivity index (χ1n) is 12.2. The van der Waals surface area contributed by atoms with Gasteiger partial charge >= 0.3 is 0 Å². The number of nitrogens with zero attached hydrogens (tertiary/aromatic N) is 5. The molecule has 0 aliphatic heterocycles. The molecule has 0 saturated carbocycles. The Bertz CT molecular complexity index is 1970. The summed E-state index contributed by atoms with van der Waals surface area (Å²) in [5.74, 6) is 0. The smallest absolute Gasteiger partial charge is 0.251 e. The van der Waals surface area contributed by atoms with Crippen molar-refractivity contribution in [3.05, 3.63) is 112 Å². The van der Waals surface area contributed by atoms with E-state index in [1.807, 2.05) is 49.4 Å². The lowest BCUT2D eigenvalue weighted by molar-refractivity contribution is 0.839. The summed E-state index contributed by atoms with van der Waals surface area (Å²) in [6.07, 6.45) is 3.42. The summed E-state index contributed by atoms with van der Waals surface area (Å²) in [6.45, 7) is 1.96. The van der Waals surface area contributed by atoms with E-state index in [4.69, 9.17) is 21.6 Å². The Labute approximate surface area is 228 Å². The van der Waals surface area contributed by atoms with Crippen molar-refractivity contribution >= 4 is 39.4 Å². The van der Waals surface area contributed by atoms with E-state index in [1.54, 1.807) is 36.7 Å². The molecule has 1 atom stereocenters. The Balaban J connectivity index is 1.61. The van der Waals surface area contributed by atoms with Crippen LogP contribution in [0.2, 0.25) is 5.02 Å². The molecule has 0 aliphatic carbocycles. The van der Waals surface area contributed by atoms with Gasteiger partial charge in [0, 0.05) is 35.0 Å². The van der Waals surface area contributed by atoms with Gasteiger partial charge in [-0.05, 0) is 49.4 Å². The Morgan fingerprint density at radius 1 is 0.897 bits per heavy atom. The van der Waals surface area contributed by atoms with Crippen LogP contribution < -0.4 is 10.9 Å². The summed E-state index contributed by atoms with van der Waals surface area (Å²) in [5, 5.41) is 14.2. The molecule has 0 saturated heterocycles. The fraction of sp³-hybridized carbons (Fsp3) is 0.0667. The third-order valence-electron chi connectivity index (χ3n) is 6.37. The van der Waals surface area contributed by atoms with Crippen molar-refractivity contribution in [2.24, 2.45) is 0 Å². The lowest BCUT2D eigenvalue weighted by atomic mass is 10.0. The highest BCUT2D eigenvalue weighted by Gasteiger charge is 2.19. The summed E-state index contributed by atoms with van der Waals surface area (Å²) in [6, 6.07) is 23.8.